The van der Waals surface area contributed by atoms with Crippen LogP contribution in [0.4, 0.5) is 4.39 Å². The zero-order chi connectivity index (χ0) is 19.7. The van der Waals surface area contributed by atoms with E-state index in [-0.39, 0.29) is 66.2 Å². The van der Waals surface area contributed by atoms with Gasteiger partial charge in [0.15, 0.2) is 5.76 Å². The molecule has 3 heterocycles. The molecular weight excluding hydrogens is 390 g/mol. The maximum atomic E-state index is 15.1. The number of ether oxygens (including phenoxy) is 2. The summed E-state index contributed by atoms with van der Waals surface area (Å²) in [5.74, 6) is 0.428. The Morgan fingerprint density at radius 2 is 1.97 bits per heavy atom. The van der Waals surface area contributed by atoms with Crippen LogP contribution in [0.1, 0.15) is 32.3 Å². The molecule has 0 unspecified atom stereocenters. The van der Waals surface area contributed by atoms with Gasteiger partial charge < -0.3 is 19.1 Å². The van der Waals surface area contributed by atoms with E-state index in [1.54, 1.807) is 18.3 Å². The molecule has 10 heteroatoms. The van der Waals surface area contributed by atoms with Gasteiger partial charge >= 0.3 is 29.6 Å². The van der Waals surface area contributed by atoms with Gasteiger partial charge in [-0.25, -0.2) is 19.3 Å². The van der Waals surface area contributed by atoms with Crippen LogP contribution in [0.5, 0.6) is 17.6 Å². The first-order valence-electron chi connectivity index (χ1n) is 8.86. The molecule has 0 aliphatic heterocycles. The van der Waals surface area contributed by atoms with Crippen molar-refractivity contribution in [1.82, 2.24) is 20.1 Å². The van der Waals surface area contributed by atoms with Crippen LogP contribution in [-0.4, -0.2) is 32.3 Å². The number of rotatable bonds is 6. The van der Waals surface area contributed by atoms with Gasteiger partial charge in [0.2, 0.25) is 11.8 Å². The number of nitrogens with zero attached hydrogens (tertiary/aromatic N) is 4. The SMILES string of the molecule is CC(C)Oc1cc([C@]2(F)C[C@@H](Oc3cnc(-c4cc([O-])no4)cn3)C2)ccn1.[Na+]. The third kappa shape index (κ3) is 4.85. The van der Waals surface area contributed by atoms with Crippen molar-refractivity contribution in [3.05, 3.63) is 42.4 Å². The van der Waals surface area contributed by atoms with Gasteiger partial charge in [-0.2, -0.15) is 0 Å². The van der Waals surface area contributed by atoms with Gasteiger partial charge in [0.1, 0.15) is 17.5 Å². The first-order chi connectivity index (χ1) is 13.4. The quantitative estimate of drug-likeness (QED) is 0.516. The Morgan fingerprint density at radius 3 is 2.59 bits per heavy atom. The van der Waals surface area contributed by atoms with E-state index in [0.29, 0.717) is 17.1 Å². The Labute approximate surface area is 188 Å². The number of hydrogen-bond acceptors (Lipinski definition) is 8. The first-order valence-corrected chi connectivity index (χ1v) is 8.86. The fraction of sp³-hybridized carbons (Fsp3) is 0.368. The summed E-state index contributed by atoms with van der Waals surface area (Å²) in [6.45, 7) is 3.78. The standard InChI is InChI=1S/C19H19FN4O4.Na/c1-11(2)26-17-5-12(3-4-21-17)19(20)7-13(8-19)27-18-10-22-14(9-23-18)15-6-16(25)24-28-15;/h3-6,9-11,13H,7-8H2,1-2H3,(H,24,25);/q;+1/p-1/t13-,19+;. The van der Waals surface area contributed by atoms with E-state index in [9.17, 15) is 5.11 Å². The van der Waals surface area contributed by atoms with E-state index in [2.05, 4.69) is 20.1 Å². The van der Waals surface area contributed by atoms with Crippen LogP contribution in [-0.2, 0) is 5.67 Å². The second kappa shape index (κ2) is 8.64. The van der Waals surface area contributed by atoms with Gasteiger partial charge in [-0.15, -0.1) is 0 Å². The summed E-state index contributed by atoms with van der Waals surface area (Å²) in [5, 5.41) is 14.3. The van der Waals surface area contributed by atoms with Gasteiger partial charge in [-0.3, -0.25) is 0 Å². The van der Waals surface area contributed by atoms with E-state index in [0.717, 1.165) is 0 Å². The van der Waals surface area contributed by atoms with E-state index in [1.807, 2.05) is 13.8 Å². The normalized spacial score (nSPS) is 20.6. The minimum Gasteiger partial charge on any atom is -0.856 e. The van der Waals surface area contributed by atoms with Crippen LogP contribution in [0.15, 0.2) is 41.3 Å². The third-order valence-corrected chi connectivity index (χ3v) is 4.37. The van der Waals surface area contributed by atoms with E-state index in [4.69, 9.17) is 14.0 Å². The summed E-state index contributed by atoms with van der Waals surface area (Å²) in [6, 6.07) is 4.51. The number of alkyl halides is 1. The molecule has 1 fully saturated rings. The average molecular weight is 408 g/mol. The van der Waals surface area contributed by atoms with Gasteiger partial charge in [0.25, 0.3) is 0 Å². The van der Waals surface area contributed by atoms with Crippen molar-refractivity contribution < 1.29 is 53.1 Å². The maximum Gasteiger partial charge on any atom is 1.00 e. The average Bonchev–Trinajstić information content (AvgIpc) is 3.07. The summed E-state index contributed by atoms with van der Waals surface area (Å²) in [4.78, 5) is 12.4. The number of pyridine rings is 1. The van der Waals surface area contributed by atoms with Crippen molar-refractivity contribution >= 4 is 0 Å². The van der Waals surface area contributed by atoms with Crippen molar-refractivity contribution in [2.24, 2.45) is 0 Å². The molecule has 3 aromatic rings. The minimum atomic E-state index is -1.49. The van der Waals surface area contributed by atoms with Gasteiger partial charge in [-0.05, 0) is 25.5 Å². The molecule has 1 aliphatic carbocycles. The molecule has 29 heavy (non-hydrogen) atoms. The monoisotopic (exact) mass is 408 g/mol. The van der Waals surface area contributed by atoms with Crippen molar-refractivity contribution in [1.29, 1.82) is 0 Å². The second-order valence-electron chi connectivity index (χ2n) is 6.93. The van der Waals surface area contributed by atoms with E-state index < -0.39 is 11.5 Å². The molecule has 1 saturated carbocycles. The number of aromatic nitrogens is 4. The molecule has 3 aromatic heterocycles. The fourth-order valence-corrected chi connectivity index (χ4v) is 3.03. The molecular formula is C19H18FN4NaO4. The Morgan fingerprint density at radius 1 is 1.17 bits per heavy atom. The van der Waals surface area contributed by atoms with Crippen LogP contribution in [0, 0.1) is 0 Å². The smallest absolute Gasteiger partial charge is 0.856 e. The van der Waals surface area contributed by atoms with Crippen LogP contribution < -0.4 is 44.1 Å². The molecule has 1 aliphatic rings. The third-order valence-electron chi connectivity index (χ3n) is 4.37. The molecule has 0 aromatic carbocycles. The minimum absolute atomic E-state index is 0. The molecule has 0 N–H and O–H groups in total. The molecule has 146 valence electrons. The summed E-state index contributed by atoms with van der Waals surface area (Å²) in [5.41, 5.74) is -0.594. The molecule has 0 spiro atoms. The molecule has 4 rings (SSSR count). The van der Waals surface area contributed by atoms with E-state index in [1.165, 1.54) is 18.5 Å². The first kappa shape index (κ1) is 21.5. The number of halogens is 1. The summed E-state index contributed by atoms with van der Waals surface area (Å²) < 4.78 is 31.2. The predicted octanol–water partition coefficient (Wildman–Crippen LogP) is -0.202. The molecule has 0 atom stereocenters. The Balaban J connectivity index is 0.00000240. The summed E-state index contributed by atoms with van der Waals surface area (Å²) >= 11 is 0. The Hall–Kier alpha value is -2.23. The molecule has 8 nitrogen and oxygen atoms in total. The Bertz CT molecular complexity index is 961. The zero-order valence-electron chi connectivity index (χ0n) is 16.3. The molecule has 0 bridgehead atoms. The van der Waals surface area contributed by atoms with Crippen LogP contribution in [0.2, 0.25) is 0 Å². The van der Waals surface area contributed by atoms with Crippen molar-refractivity contribution in [3.8, 4) is 29.1 Å². The topological polar surface area (TPSA) is 106 Å². The van der Waals surface area contributed by atoms with Crippen molar-refractivity contribution in [3.63, 3.8) is 0 Å². The van der Waals surface area contributed by atoms with Gasteiger partial charge in [0.05, 0.1) is 18.5 Å². The van der Waals surface area contributed by atoms with Gasteiger partial charge in [0, 0.05) is 37.1 Å². The maximum absolute atomic E-state index is 15.1. The predicted molar refractivity (Wildman–Crippen MR) is 93.4 cm³/mol. The molecule has 0 saturated heterocycles. The van der Waals surface area contributed by atoms with Gasteiger partial charge in [-0.1, -0.05) is 5.16 Å². The van der Waals surface area contributed by atoms with Crippen LogP contribution in [0.25, 0.3) is 11.5 Å². The van der Waals surface area contributed by atoms with Crippen LogP contribution in [0.3, 0.4) is 0 Å². The second-order valence-corrected chi connectivity index (χ2v) is 6.93. The zero-order valence-corrected chi connectivity index (χ0v) is 18.3. The van der Waals surface area contributed by atoms with Crippen LogP contribution >= 0.6 is 0 Å². The van der Waals surface area contributed by atoms with Crippen molar-refractivity contribution in [2.45, 2.75) is 44.6 Å². The summed E-state index contributed by atoms with van der Waals surface area (Å²) in [7, 11) is 0. The summed E-state index contributed by atoms with van der Waals surface area (Å²) in [6.07, 6.45) is 4.41. The number of hydrogen-bond donors (Lipinski definition) is 0. The largest absolute Gasteiger partial charge is 1.00 e. The van der Waals surface area contributed by atoms with E-state index >= 15 is 4.39 Å². The van der Waals surface area contributed by atoms with Crippen molar-refractivity contribution in [2.75, 3.05) is 0 Å². The molecule has 0 radical (unpaired) electrons. The fourth-order valence-electron chi connectivity index (χ4n) is 3.03. The molecule has 0 amide bonds. The Kier molecular flexibility index (Phi) is 6.40.